The molecule has 0 spiro atoms. The third kappa shape index (κ3) is 7.39. The SMILES string of the molecule is C#CCCCN1CCC(N(C(=O)CCl)[C@@H](CCC(=O)OC)C(=O)OC)CC1. The van der Waals surface area contributed by atoms with Gasteiger partial charge in [-0.25, -0.2) is 4.79 Å². The average molecular weight is 401 g/mol. The van der Waals surface area contributed by atoms with E-state index in [1.807, 2.05) is 0 Å². The molecule has 0 bridgehead atoms. The highest BCUT2D eigenvalue weighted by atomic mass is 35.5. The molecule has 1 atom stereocenters. The first-order chi connectivity index (χ1) is 13.0. The van der Waals surface area contributed by atoms with Crippen molar-refractivity contribution < 1.29 is 23.9 Å². The average Bonchev–Trinajstić information content (AvgIpc) is 2.70. The van der Waals surface area contributed by atoms with E-state index in [-0.39, 0.29) is 30.7 Å². The third-order valence-electron chi connectivity index (χ3n) is 4.81. The molecule has 1 aliphatic heterocycles. The highest BCUT2D eigenvalue weighted by molar-refractivity contribution is 6.27. The van der Waals surface area contributed by atoms with E-state index in [0.717, 1.165) is 45.3 Å². The van der Waals surface area contributed by atoms with Crippen LogP contribution in [0.2, 0.25) is 0 Å². The molecule has 1 amide bonds. The predicted octanol–water partition coefficient (Wildman–Crippen LogP) is 1.43. The van der Waals surface area contributed by atoms with Gasteiger partial charge in [-0.3, -0.25) is 9.59 Å². The number of ether oxygens (including phenoxy) is 2. The van der Waals surface area contributed by atoms with Gasteiger partial charge in [0.15, 0.2) is 0 Å². The number of esters is 2. The Balaban J connectivity index is 2.83. The van der Waals surface area contributed by atoms with Gasteiger partial charge in [-0.2, -0.15) is 0 Å². The summed E-state index contributed by atoms with van der Waals surface area (Å²) in [4.78, 5) is 40.2. The number of terminal acetylenes is 1. The van der Waals surface area contributed by atoms with Crippen LogP contribution >= 0.6 is 11.6 Å². The van der Waals surface area contributed by atoms with E-state index in [0.29, 0.717) is 0 Å². The van der Waals surface area contributed by atoms with Crippen molar-refractivity contribution in [3.8, 4) is 12.3 Å². The lowest BCUT2D eigenvalue weighted by molar-refractivity contribution is -0.156. The minimum Gasteiger partial charge on any atom is -0.469 e. The van der Waals surface area contributed by atoms with Crippen LogP contribution in [0.5, 0.6) is 0 Å². The molecule has 0 saturated carbocycles. The molecule has 0 unspecified atom stereocenters. The van der Waals surface area contributed by atoms with Crippen molar-refractivity contribution in [1.82, 2.24) is 9.80 Å². The van der Waals surface area contributed by atoms with E-state index in [1.54, 1.807) is 0 Å². The van der Waals surface area contributed by atoms with E-state index in [9.17, 15) is 14.4 Å². The molecule has 0 aromatic carbocycles. The summed E-state index contributed by atoms with van der Waals surface area (Å²) in [6, 6.07) is -0.972. The molecule has 1 aliphatic rings. The molecule has 7 nitrogen and oxygen atoms in total. The number of hydrogen-bond acceptors (Lipinski definition) is 6. The van der Waals surface area contributed by atoms with E-state index in [1.165, 1.54) is 19.1 Å². The van der Waals surface area contributed by atoms with Crippen LogP contribution in [0.15, 0.2) is 0 Å². The monoisotopic (exact) mass is 400 g/mol. The zero-order valence-electron chi connectivity index (χ0n) is 16.1. The summed E-state index contributed by atoms with van der Waals surface area (Å²) in [5, 5.41) is 0. The Kier molecular flexibility index (Phi) is 10.8. The van der Waals surface area contributed by atoms with E-state index < -0.39 is 18.0 Å². The second-order valence-corrected chi connectivity index (χ2v) is 6.74. The zero-order valence-corrected chi connectivity index (χ0v) is 16.9. The van der Waals surface area contributed by atoms with Crippen LogP contribution in [-0.4, -0.2) is 79.5 Å². The summed E-state index contributed by atoms with van der Waals surface area (Å²) in [5.41, 5.74) is 0. The fourth-order valence-electron chi connectivity index (χ4n) is 3.39. The Hall–Kier alpha value is -1.78. The molecule has 8 heteroatoms. The molecule has 0 radical (unpaired) electrons. The maximum atomic E-state index is 12.5. The minimum atomic E-state index is -0.849. The number of hydrogen-bond donors (Lipinski definition) is 0. The first kappa shape index (κ1) is 23.3. The second kappa shape index (κ2) is 12.6. The van der Waals surface area contributed by atoms with Gasteiger partial charge in [0, 0.05) is 32.0 Å². The Morgan fingerprint density at radius 3 is 2.44 bits per heavy atom. The van der Waals surface area contributed by atoms with Crippen LogP contribution in [0.4, 0.5) is 0 Å². The molecule has 0 N–H and O–H groups in total. The molecule has 1 fully saturated rings. The Bertz CT molecular complexity index is 541. The number of likely N-dealkylation sites (tertiary alicyclic amines) is 1. The Morgan fingerprint density at radius 2 is 1.93 bits per heavy atom. The van der Waals surface area contributed by atoms with Crippen LogP contribution in [0.1, 0.15) is 38.5 Å². The lowest BCUT2D eigenvalue weighted by Crippen LogP contribution is -2.55. The number of piperidine rings is 1. The topological polar surface area (TPSA) is 76.2 Å². The lowest BCUT2D eigenvalue weighted by Gasteiger charge is -2.41. The van der Waals surface area contributed by atoms with Crippen molar-refractivity contribution in [2.24, 2.45) is 0 Å². The number of unbranched alkanes of at least 4 members (excludes halogenated alkanes) is 1. The van der Waals surface area contributed by atoms with Crippen LogP contribution < -0.4 is 0 Å². The highest BCUT2D eigenvalue weighted by Gasteiger charge is 2.37. The van der Waals surface area contributed by atoms with Crippen LogP contribution in [-0.2, 0) is 23.9 Å². The minimum absolute atomic E-state index is 0.0211. The van der Waals surface area contributed by atoms with Crippen molar-refractivity contribution in [2.45, 2.75) is 50.6 Å². The number of halogens is 1. The fourth-order valence-corrected chi connectivity index (χ4v) is 3.53. The molecular formula is C19H29ClN2O5. The molecule has 1 rings (SSSR count). The van der Waals surface area contributed by atoms with E-state index >= 15 is 0 Å². The first-order valence-corrected chi connectivity index (χ1v) is 9.69. The number of carbonyl (C=O) groups excluding carboxylic acids is 3. The molecule has 1 heterocycles. The molecular weight excluding hydrogens is 372 g/mol. The van der Waals surface area contributed by atoms with Gasteiger partial charge in [0.25, 0.3) is 0 Å². The van der Waals surface area contributed by atoms with Gasteiger partial charge in [0.1, 0.15) is 11.9 Å². The van der Waals surface area contributed by atoms with E-state index in [4.69, 9.17) is 22.8 Å². The fraction of sp³-hybridized carbons (Fsp3) is 0.737. The first-order valence-electron chi connectivity index (χ1n) is 9.16. The predicted molar refractivity (Wildman–Crippen MR) is 102 cm³/mol. The molecule has 27 heavy (non-hydrogen) atoms. The zero-order chi connectivity index (χ0) is 20.2. The standard InChI is InChI=1S/C19H29ClN2O5/c1-4-5-6-11-21-12-9-15(10-13-21)22(17(23)14-20)16(19(25)27-3)7-8-18(24)26-2/h1,15-16H,5-14H2,2-3H3/t16-/m0/s1. The number of methoxy groups -OCH3 is 2. The summed E-state index contributed by atoms with van der Waals surface area (Å²) in [6.07, 6.45) is 8.59. The van der Waals surface area contributed by atoms with Crippen molar-refractivity contribution in [1.29, 1.82) is 0 Å². The van der Waals surface area contributed by atoms with Gasteiger partial charge in [-0.1, -0.05) is 0 Å². The molecule has 0 aliphatic carbocycles. The summed E-state index contributed by atoms with van der Waals surface area (Å²) >= 11 is 5.80. The maximum absolute atomic E-state index is 12.5. The van der Waals surface area contributed by atoms with Crippen LogP contribution in [0.25, 0.3) is 0 Å². The second-order valence-electron chi connectivity index (χ2n) is 6.47. The van der Waals surface area contributed by atoms with Crippen molar-refractivity contribution in [3.63, 3.8) is 0 Å². The van der Waals surface area contributed by atoms with E-state index in [2.05, 4.69) is 15.6 Å². The maximum Gasteiger partial charge on any atom is 0.328 e. The largest absolute Gasteiger partial charge is 0.469 e. The summed E-state index contributed by atoms with van der Waals surface area (Å²) < 4.78 is 9.52. The smallest absolute Gasteiger partial charge is 0.328 e. The number of rotatable bonds is 10. The number of nitrogens with zero attached hydrogens (tertiary/aromatic N) is 2. The van der Waals surface area contributed by atoms with Gasteiger partial charge >= 0.3 is 11.9 Å². The van der Waals surface area contributed by atoms with Gasteiger partial charge in [0.2, 0.25) is 5.91 Å². The normalized spacial score (nSPS) is 16.2. The number of carbonyl (C=O) groups is 3. The van der Waals surface area contributed by atoms with Crippen LogP contribution in [0.3, 0.4) is 0 Å². The molecule has 0 aromatic rings. The number of alkyl halides is 1. The van der Waals surface area contributed by atoms with Crippen molar-refractivity contribution >= 4 is 29.4 Å². The quantitative estimate of drug-likeness (QED) is 0.239. The van der Waals surface area contributed by atoms with Gasteiger partial charge in [-0.05, 0) is 32.2 Å². The van der Waals surface area contributed by atoms with Crippen molar-refractivity contribution in [3.05, 3.63) is 0 Å². The Morgan fingerprint density at radius 1 is 1.26 bits per heavy atom. The molecule has 152 valence electrons. The highest BCUT2D eigenvalue weighted by Crippen LogP contribution is 2.23. The van der Waals surface area contributed by atoms with Crippen LogP contribution in [0, 0.1) is 12.3 Å². The third-order valence-corrected chi connectivity index (χ3v) is 5.04. The molecule has 0 aromatic heterocycles. The van der Waals surface area contributed by atoms with Gasteiger partial charge in [-0.15, -0.1) is 23.9 Å². The lowest BCUT2D eigenvalue weighted by atomic mass is 9.98. The number of amides is 1. The van der Waals surface area contributed by atoms with Crippen molar-refractivity contribution in [2.75, 3.05) is 39.7 Å². The Labute approximate surface area is 166 Å². The summed E-state index contributed by atoms with van der Waals surface area (Å²) in [6.45, 7) is 2.54. The van der Waals surface area contributed by atoms with Gasteiger partial charge in [0.05, 0.1) is 14.2 Å². The van der Waals surface area contributed by atoms with Gasteiger partial charge < -0.3 is 19.3 Å². The summed E-state index contributed by atoms with van der Waals surface area (Å²) in [7, 11) is 2.55. The summed E-state index contributed by atoms with van der Waals surface area (Å²) in [5.74, 6) is 1.09. The molecule has 1 saturated heterocycles.